The maximum atomic E-state index is 12.8. The third kappa shape index (κ3) is 8.22. The van der Waals surface area contributed by atoms with Gasteiger partial charge in [0.15, 0.2) is 5.78 Å². The van der Waals surface area contributed by atoms with Gasteiger partial charge in [-0.1, -0.05) is 33.1 Å². The number of carboxylic acid groups (broad SMARTS) is 1. The van der Waals surface area contributed by atoms with Crippen molar-refractivity contribution in [1.29, 1.82) is 0 Å². The molecule has 33 heavy (non-hydrogen) atoms. The average Bonchev–Trinajstić information content (AvgIpc) is 3.37. The molecule has 1 aromatic heterocycles. The predicted octanol–water partition coefficient (Wildman–Crippen LogP) is 6.24. The Hall–Kier alpha value is -3.41. The van der Waals surface area contributed by atoms with E-state index >= 15 is 0 Å². The van der Waals surface area contributed by atoms with Gasteiger partial charge in [-0.25, -0.2) is 4.98 Å². The topological polar surface area (TPSA) is 81.4 Å². The van der Waals surface area contributed by atoms with Gasteiger partial charge in [0.2, 0.25) is 0 Å². The van der Waals surface area contributed by atoms with Gasteiger partial charge in [0.1, 0.15) is 5.75 Å². The quantitative estimate of drug-likeness (QED) is 0.261. The van der Waals surface area contributed by atoms with Crippen LogP contribution in [0.5, 0.6) is 5.75 Å². The zero-order valence-corrected chi connectivity index (χ0v) is 19.8. The first kappa shape index (κ1) is 25.8. The van der Waals surface area contributed by atoms with Crippen LogP contribution in [0.1, 0.15) is 73.9 Å². The highest BCUT2D eigenvalue weighted by Crippen LogP contribution is 2.22. The van der Waals surface area contributed by atoms with Crippen LogP contribution in [0.2, 0.25) is 0 Å². The van der Waals surface area contributed by atoms with Gasteiger partial charge in [0.25, 0.3) is 0 Å². The molecule has 0 spiro atoms. The summed E-state index contributed by atoms with van der Waals surface area (Å²) in [6.07, 6.45) is 10.2. The molecule has 0 amide bonds. The number of aromatic nitrogens is 2. The van der Waals surface area contributed by atoms with Gasteiger partial charge in [0.05, 0.1) is 12.9 Å². The largest absolute Gasteiger partial charge is 0.493 e. The Morgan fingerprint density at radius 2 is 1.61 bits per heavy atom. The minimum atomic E-state index is -0.729. The predicted molar refractivity (Wildman–Crippen MR) is 130 cm³/mol. The molecule has 0 atom stereocenters. The van der Waals surface area contributed by atoms with Crippen LogP contribution >= 0.6 is 0 Å². The number of imidazole rings is 1. The van der Waals surface area contributed by atoms with Gasteiger partial charge < -0.3 is 14.4 Å². The molecule has 0 unspecified atom stereocenters. The summed E-state index contributed by atoms with van der Waals surface area (Å²) in [6, 6.07) is 13.0. The Kier molecular flexibility index (Phi) is 10.9. The summed E-state index contributed by atoms with van der Waals surface area (Å²) < 4.78 is 7.75. The Bertz CT molecular complexity index is 995. The molecule has 6 heteroatoms. The number of carboxylic acids is 1. The monoisotopic (exact) mass is 450 g/mol. The second-order valence-corrected chi connectivity index (χ2v) is 7.59. The number of rotatable bonds is 12. The third-order valence-corrected chi connectivity index (χ3v) is 5.16. The molecular formula is C27H34N2O4. The molecule has 0 bridgehead atoms. The number of ether oxygens (including phenoxy) is 1. The zero-order chi connectivity index (χ0) is 24.1. The average molecular weight is 451 g/mol. The van der Waals surface area contributed by atoms with Gasteiger partial charge in [-0.05, 0) is 67.8 Å². The highest BCUT2D eigenvalue weighted by atomic mass is 16.5. The summed E-state index contributed by atoms with van der Waals surface area (Å²) in [4.78, 5) is 27.4. The van der Waals surface area contributed by atoms with Crippen LogP contribution in [0.15, 0.2) is 61.2 Å². The van der Waals surface area contributed by atoms with Crippen LogP contribution in [-0.2, 0) is 4.79 Å². The number of ketones is 1. The zero-order valence-electron chi connectivity index (χ0n) is 19.8. The molecule has 6 nitrogen and oxygen atoms in total. The molecule has 0 radical (unpaired) electrons. The molecule has 176 valence electrons. The van der Waals surface area contributed by atoms with E-state index in [0.29, 0.717) is 17.7 Å². The van der Waals surface area contributed by atoms with E-state index in [2.05, 4.69) is 4.98 Å². The van der Waals surface area contributed by atoms with E-state index in [1.54, 1.807) is 18.6 Å². The highest BCUT2D eigenvalue weighted by Gasteiger charge is 2.11. The molecule has 1 N–H and O–H groups in total. The summed E-state index contributed by atoms with van der Waals surface area (Å²) in [6.45, 7) is 6.56. The lowest BCUT2D eigenvalue weighted by molar-refractivity contribution is -0.137. The van der Waals surface area contributed by atoms with Crippen molar-refractivity contribution in [1.82, 2.24) is 9.55 Å². The lowest BCUT2D eigenvalue weighted by atomic mass is 10.0. The van der Waals surface area contributed by atoms with Gasteiger partial charge in [-0.15, -0.1) is 0 Å². The van der Waals surface area contributed by atoms with Crippen molar-refractivity contribution < 1.29 is 19.4 Å². The van der Waals surface area contributed by atoms with Crippen LogP contribution in [0.3, 0.4) is 0 Å². The Morgan fingerprint density at radius 1 is 0.939 bits per heavy atom. The van der Waals surface area contributed by atoms with Crippen LogP contribution in [-0.4, -0.2) is 33.0 Å². The number of aliphatic carboxylic acids is 1. The van der Waals surface area contributed by atoms with E-state index in [1.165, 1.54) is 0 Å². The highest BCUT2D eigenvalue weighted by molar-refractivity contribution is 6.09. The molecule has 0 aliphatic heterocycles. The molecule has 3 rings (SSSR count). The van der Waals surface area contributed by atoms with Gasteiger partial charge >= 0.3 is 5.97 Å². The maximum Gasteiger partial charge on any atom is 0.303 e. The van der Waals surface area contributed by atoms with E-state index in [9.17, 15) is 9.59 Å². The first-order chi connectivity index (χ1) is 16.0. The summed E-state index contributed by atoms with van der Waals surface area (Å²) in [7, 11) is 0. The van der Waals surface area contributed by atoms with Crippen LogP contribution < -0.4 is 4.74 Å². The molecule has 0 aliphatic carbocycles. The van der Waals surface area contributed by atoms with E-state index < -0.39 is 5.97 Å². The number of hydrogen-bond donors (Lipinski definition) is 1. The Morgan fingerprint density at radius 3 is 2.24 bits per heavy atom. The number of nitrogens with zero attached hydrogens (tertiary/aromatic N) is 2. The second-order valence-electron chi connectivity index (χ2n) is 7.59. The standard InChI is InChI=1S/C25H28N2O4.C2H6/c1-19-17-21(10-13-23(19)31-16-6-4-2-3-5-7-24(28)29)25(30)20-8-11-22(12-9-20)27-15-14-26-18-27;1-2/h8-15,17-18H,2-7,16H2,1H3,(H,28,29);1-2H3. The first-order valence-electron chi connectivity index (χ1n) is 11.6. The molecule has 1 heterocycles. The number of carbonyl (C=O) groups is 2. The fraction of sp³-hybridized carbons (Fsp3) is 0.370. The normalized spacial score (nSPS) is 10.3. The molecule has 0 aliphatic rings. The smallest absolute Gasteiger partial charge is 0.303 e. The number of unbranched alkanes of at least 4 members (excludes halogenated alkanes) is 4. The number of hydrogen-bond acceptors (Lipinski definition) is 4. The lowest BCUT2D eigenvalue weighted by Gasteiger charge is -2.11. The number of aryl methyl sites for hydroxylation is 1. The Balaban J connectivity index is 0.00000187. The van der Waals surface area contributed by atoms with Crippen molar-refractivity contribution in [3.8, 4) is 11.4 Å². The molecule has 0 saturated heterocycles. The van der Waals surface area contributed by atoms with Crippen molar-refractivity contribution in [2.24, 2.45) is 0 Å². The SMILES string of the molecule is CC.Cc1cc(C(=O)c2ccc(-n3ccnc3)cc2)ccc1OCCCCCCCC(=O)O. The van der Waals surface area contributed by atoms with E-state index in [1.807, 2.05) is 67.9 Å². The van der Waals surface area contributed by atoms with Crippen LogP contribution in [0.4, 0.5) is 0 Å². The molecule has 0 saturated carbocycles. The third-order valence-electron chi connectivity index (χ3n) is 5.16. The summed E-state index contributed by atoms with van der Waals surface area (Å²) in [5.74, 6) is 0.0401. The fourth-order valence-corrected chi connectivity index (χ4v) is 3.41. The first-order valence-corrected chi connectivity index (χ1v) is 11.6. The molecule has 0 fully saturated rings. The van der Waals surface area contributed by atoms with Crippen molar-refractivity contribution in [2.75, 3.05) is 6.61 Å². The van der Waals surface area contributed by atoms with Gasteiger partial charge in [-0.2, -0.15) is 0 Å². The van der Waals surface area contributed by atoms with Crippen molar-refractivity contribution in [2.45, 2.75) is 59.3 Å². The van der Waals surface area contributed by atoms with Crippen molar-refractivity contribution in [3.63, 3.8) is 0 Å². The summed E-state index contributed by atoms with van der Waals surface area (Å²) in [5.41, 5.74) is 3.16. The van der Waals surface area contributed by atoms with Crippen molar-refractivity contribution >= 4 is 11.8 Å². The van der Waals surface area contributed by atoms with Crippen molar-refractivity contribution in [3.05, 3.63) is 77.9 Å². The van der Waals surface area contributed by atoms with Gasteiger partial charge in [-0.3, -0.25) is 9.59 Å². The molecule has 2 aromatic carbocycles. The van der Waals surface area contributed by atoms with Gasteiger partial charge in [0, 0.05) is 35.6 Å². The molecular weight excluding hydrogens is 416 g/mol. The fourth-order valence-electron chi connectivity index (χ4n) is 3.41. The summed E-state index contributed by atoms with van der Waals surface area (Å²) in [5, 5.41) is 8.63. The minimum absolute atomic E-state index is 0.0202. The van der Waals surface area contributed by atoms with E-state index in [4.69, 9.17) is 9.84 Å². The maximum absolute atomic E-state index is 12.8. The lowest BCUT2D eigenvalue weighted by Crippen LogP contribution is -2.04. The number of carbonyl (C=O) groups excluding carboxylic acids is 1. The van der Waals surface area contributed by atoms with E-state index in [0.717, 1.165) is 49.1 Å². The van der Waals surface area contributed by atoms with Crippen LogP contribution in [0, 0.1) is 6.92 Å². The van der Waals surface area contributed by atoms with E-state index in [-0.39, 0.29) is 12.2 Å². The second kappa shape index (κ2) is 13.9. The number of benzene rings is 2. The minimum Gasteiger partial charge on any atom is -0.493 e. The summed E-state index contributed by atoms with van der Waals surface area (Å²) >= 11 is 0. The van der Waals surface area contributed by atoms with Crippen LogP contribution in [0.25, 0.3) is 5.69 Å². The Labute approximate surface area is 196 Å². The molecule has 3 aromatic rings.